The molecule has 2 aromatic carbocycles. The third kappa shape index (κ3) is 10.8. The summed E-state index contributed by atoms with van der Waals surface area (Å²) in [5.41, 5.74) is -0.132. The molecular weight excluding hydrogens is 640 g/mol. The highest BCUT2D eigenvalue weighted by Crippen LogP contribution is 2.29. The lowest BCUT2D eigenvalue weighted by atomic mass is 9.89. The molecule has 4 N–H and O–H groups in total. The summed E-state index contributed by atoms with van der Waals surface area (Å²) in [6, 6.07) is 12.6. The summed E-state index contributed by atoms with van der Waals surface area (Å²) >= 11 is 6.30. The number of cyclic esters (lactones) is 2. The minimum atomic E-state index is -1.35. The Morgan fingerprint density at radius 2 is 1.71 bits per heavy atom. The zero-order valence-electron chi connectivity index (χ0n) is 28.3. The topological polar surface area (TPSA) is 160 Å². The van der Waals surface area contributed by atoms with Gasteiger partial charge in [0, 0.05) is 25.3 Å². The Morgan fingerprint density at radius 1 is 1.02 bits per heavy atom. The van der Waals surface area contributed by atoms with E-state index in [9.17, 15) is 29.4 Å². The number of aliphatic hydroxyl groups excluding tert-OH is 2. The van der Waals surface area contributed by atoms with Crippen molar-refractivity contribution in [3.63, 3.8) is 0 Å². The number of amides is 2. The average Bonchev–Trinajstić information content (AvgIpc) is 3.04. The molecule has 6 atom stereocenters. The molecule has 48 heavy (non-hydrogen) atoms. The lowest BCUT2D eigenvalue weighted by Gasteiger charge is -2.32. The highest BCUT2D eigenvalue weighted by atomic mass is 35.5. The molecule has 0 aromatic heterocycles. The predicted molar refractivity (Wildman–Crippen MR) is 180 cm³/mol. The summed E-state index contributed by atoms with van der Waals surface area (Å²) in [6.45, 7) is 8.34. The highest BCUT2D eigenvalue weighted by Gasteiger charge is 2.38. The van der Waals surface area contributed by atoms with Crippen LogP contribution in [0.1, 0.15) is 64.7 Å². The van der Waals surface area contributed by atoms with Crippen LogP contribution in [-0.2, 0) is 35.1 Å². The molecule has 0 saturated heterocycles. The molecule has 0 radical (unpaired) electrons. The van der Waals surface area contributed by atoms with Gasteiger partial charge in [0.05, 0.1) is 23.7 Å². The second-order valence-corrected chi connectivity index (χ2v) is 13.6. The van der Waals surface area contributed by atoms with Gasteiger partial charge < -0.3 is 35.1 Å². The number of aliphatic hydroxyl groups is 2. The van der Waals surface area contributed by atoms with E-state index in [1.807, 2.05) is 13.8 Å². The van der Waals surface area contributed by atoms with E-state index in [0.29, 0.717) is 21.9 Å². The van der Waals surface area contributed by atoms with Crippen LogP contribution in [-0.4, -0.2) is 72.0 Å². The Bertz CT molecular complexity index is 1450. The molecule has 0 fully saturated rings. The third-order valence-corrected chi connectivity index (χ3v) is 8.53. The first-order valence-corrected chi connectivity index (χ1v) is 16.4. The summed E-state index contributed by atoms with van der Waals surface area (Å²) < 4.78 is 16.8. The second kappa shape index (κ2) is 17.5. The van der Waals surface area contributed by atoms with Crippen molar-refractivity contribution in [3.05, 3.63) is 76.8 Å². The molecule has 0 unspecified atom stereocenters. The number of hydrogen-bond acceptors (Lipinski definition) is 9. The van der Waals surface area contributed by atoms with E-state index in [4.69, 9.17) is 25.8 Å². The van der Waals surface area contributed by atoms with Crippen LogP contribution >= 0.6 is 11.6 Å². The van der Waals surface area contributed by atoms with Gasteiger partial charge in [-0.05, 0) is 55.5 Å². The van der Waals surface area contributed by atoms with Gasteiger partial charge >= 0.3 is 11.9 Å². The monoisotopic (exact) mass is 686 g/mol. The first-order valence-electron chi connectivity index (χ1n) is 16.0. The molecular formula is C36H47ClN2O9. The lowest BCUT2D eigenvalue weighted by molar-refractivity contribution is -0.181. The van der Waals surface area contributed by atoms with Gasteiger partial charge in [-0.2, -0.15) is 0 Å². The number of esters is 2. The number of methoxy groups -OCH3 is 1. The summed E-state index contributed by atoms with van der Waals surface area (Å²) in [6.07, 6.45) is -2.05. The minimum absolute atomic E-state index is 0.0301. The van der Waals surface area contributed by atoms with Gasteiger partial charge in [-0.15, -0.1) is 0 Å². The number of ether oxygens (including phenoxy) is 3. The molecule has 1 aliphatic rings. The second-order valence-electron chi connectivity index (χ2n) is 13.2. The summed E-state index contributed by atoms with van der Waals surface area (Å²) in [5.74, 6) is -3.11. The third-order valence-electron chi connectivity index (χ3n) is 8.24. The van der Waals surface area contributed by atoms with Crippen LogP contribution in [0.5, 0.6) is 5.75 Å². The normalized spacial score (nSPS) is 23.6. The Morgan fingerprint density at radius 3 is 2.33 bits per heavy atom. The first kappa shape index (κ1) is 38.5. The fourth-order valence-corrected chi connectivity index (χ4v) is 5.45. The number of hydrogen-bond donors (Lipinski definition) is 4. The smallest absolute Gasteiger partial charge is 0.347 e. The fourth-order valence-electron chi connectivity index (χ4n) is 5.17. The van der Waals surface area contributed by atoms with Crippen molar-refractivity contribution in [2.45, 2.75) is 84.3 Å². The standard InChI is InChI=1S/C36H47ClN2O9/c1-21(2)17-29-34(44)47-27(22(3)31(41)32(42)24-11-8-7-9-12-24)13-10-14-30(40)39-26(19-23-15-16-28(46-6)25(37)18-23)33(43)38-20-36(4,5)35(45)48-29/h7-12,14-16,18,21-22,26-27,29,31-32,41-42H,13,17,19-20H2,1-6H3,(H,38,43)(H,39,40)/b14-10+/t22-,26+,27-,29-,31+,32+/m0/s1. The predicted octanol–water partition coefficient (Wildman–Crippen LogP) is 4.08. The largest absolute Gasteiger partial charge is 0.495 e. The molecule has 2 amide bonds. The van der Waals surface area contributed by atoms with E-state index in [0.717, 1.165) is 0 Å². The fraction of sp³-hybridized carbons (Fsp3) is 0.500. The number of nitrogens with one attached hydrogen (secondary N) is 2. The molecule has 11 nitrogen and oxygen atoms in total. The van der Waals surface area contributed by atoms with E-state index in [1.54, 1.807) is 69.3 Å². The molecule has 1 heterocycles. The number of carbonyl (C=O) groups is 4. The Labute approximate surface area is 287 Å². The van der Waals surface area contributed by atoms with Crippen molar-refractivity contribution in [2.24, 2.45) is 17.3 Å². The molecule has 0 saturated carbocycles. The van der Waals surface area contributed by atoms with Crippen molar-refractivity contribution in [1.29, 1.82) is 0 Å². The van der Waals surface area contributed by atoms with Gasteiger partial charge in [0.15, 0.2) is 6.10 Å². The van der Waals surface area contributed by atoms with Crippen LogP contribution < -0.4 is 15.4 Å². The summed E-state index contributed by atoms with van der Waals surface area (Å²) in [5, 5.41) is 27.9. The van der Waals surface area contributed by atoms with Gasteiger partial charge in [0.1, 0.15) is 24.0 Å². The molecule has 0 bridgehead atoms. The van der Waals surface area contributed by atoms with E-state index in [2.05, 4.69) is 10.6 Å². The van der Waals surface area contributed by atoms with E-state index in [1.165, 1.54) is 19.3 Å². The lowest BCUT2D eigenvalue weighted by Crippen LogP contribution is -2.51. The first-order chi connectivity index (χ1) is 22.6. The van der Waals surface area contributed by atoms with Gasteiger partial charge in [-0.1, -0.05) is 74.8 Å². The maximum Gasteiger partial charge on any atom is 0.347 e. The Balaban J connectivity index is 1.96. The van der Waals surface area contributed by atoms with E-state index in [-0.39, 0.29) is 31.7 Å². The molecule has 0 aliphatic carbocycles. The van der Waals surface area contributed by atoms with Crippen molar-refractivity contribution in [2.75, 3.05) is 13.7 Å². The van der Waals surface area contributed by atoms with Crippen molar-refractivity contribution < 1.29 is 43.6 Å². The van der Waals surface area contributed by atoms with Crippen LogP contribution in [0, 0.1) is 17.3 Å². The maximum atomic E-state index is 13.5. The van der Waals surface area contributed by atoms with E-state index >= 15 is 0 Å². The molecule has 0 spiro atoms. The van der Waals surface area contributed by atoms with E-state index < -0.39 is 65.5 Å². The minimum Gasteiger partial charge on any atom is -0.495 e. The van der Waals surface area contributed by atoms with Gasteiger partial charge in [0.2, 0.25) is 11.8 Å². The zero-order valence-corrected chi connectivity index (χ0v) is 29.0. The summed E-state index contributed by atoms with van der Waals surface area (Å²) in [7, 11) is 1.49. The molecule has 3 rings (SSSR count). The Hall–Kier alpha value is -3.93. The SMILES string of the molecule is COc1ccc(C[C@H]2NC(=O)/C=C/C[C@@H]([C@H](C)[C@@H](O)[C@H](O)c3ccccc3)OC(=O)[C@H](CC(C)C)OC(=O)C(C)(C)CNC2=O)cc1Cl. The zero-order chi connectivity index (χ0) is 35.6. The summed E-state index contributed by atoms with van der Waals surface area (Å²) in [4.78, 5) is 53.5. The maximum absolute atomic E-state index is 13.5. The number of rotatable bonds is 9. The van der Waals surface area contributed by atoms with Crippen molar-refractivity contribution >= 4 is 35.4 Å². The molecule has 262 valence electrons. The Kier molecular flexibility index (Phi) is 14.0. The number of carbonyl (C=O) groups excluding carboxylic acids is 4. The average molecular weight is 687 g/mol. The van der Waals surface area contributed by atoms with Crippen LogP contribution in [0.2, 0.25) is 5.02 Å². The van der Waals surface area contributed by atoms with Crippen LogP contribution in [0.25, 0.3) is 0 Å². The van der Waals surface area contributed by atoms with Crippen LogP contribution in [0.3, 0.4) is 0 Å². The van der Waals surface area contributed by atoms with Crippen molar-refractivity contribution in [3.8, 4) is 5.75 Å². The van der Waals surface area contributed by atoms with Gasteiger partial charge in [-0.3, -0.25) is 14.4 Å². The molecule has 1 aliphatic heterocycles. The van der Waals surface area contributed by atoms with Crippen LogP contribution in [0.4, 0.5) is 0 Å². The molecule has 2 aromatic rings. The number of halogens is 1. The van der Waals surface area contributed by atoms with Gasteiger partial charge in [0.25, 0.3) is 0 Å². The highest BCUT2D eigenvalue weighted by molar-refractivity contribution is 6.32. The van der Waals surface area contributed by atoms with Crippen molar-refractivity contribution in [1.82, 2.24) is 10.6 Å². The van der Waals surface area contributed by atoms with Crippen LogP contribution in [0.15, 0.2) is 60.7 Å². The number of benzene rings is 2. The quantitative estimate of drug-likeness (QED) is 0.285. The molecule has 12 heteroatoms. The van der Waals surface area contributed by atoms with Gasteiger partial charge in [-0.25, -0.2) is 4.79 Å².